The molecule has 3 N–H and O–H groups in total. The Bertz CT molecular complexity index is 1850. The molecule has 182 valence electrons. The number of halogens is 1. The molecule has 6 aromatic rings. The lowest BCUT2D eigenvalue weighted by Crippen LogP contribution is -2.15. The third-order valence-electron chi connectivity index (χ3n) is 6.21. The minimum Gasteiger partial charge on any atom is -0.508 e. The first kappa shape index (κ1) is 22.4. The van der Waals surface area contributed by atoms with Crippen molar-refractivity contribution in [1.29, 1.82) is 0 Å². The Balaban J connectivity index is 1.65. The van der Waals surface area contributed by atoms with Crippen LogP contribution in [-0.4, -0.2) is 29.8 Å². The van der Waals surface area contributed by atoms with Crippen LogP contribution in [0.1, 0.15) is 18.7 Å². The fourth-order valence-electron chi connectivity index (χ4n) is 4.58. The Morgan fingerprint density at radius 3 is 2.57 bits per heavy atom. The lowest BCUT2D eigenvalue weighted by Gasteiger charge is -2.17. The van der Waals surface area contributed by atoms with E-state index in [4.69, 9.17) is 15.2 Å². The van der Waals surface area contributed by atoms with Gasteiger partial charge in [-0.05, 0) is 37.3 Å². The fourth-order valence-corrected chi connectivity index (χ4v) is 4.58. The maximum atomic E-state index is 14.2. The Morgan fingerprint density at radius 1 is 1.03 bits per heavy atom. The summed E-state index contributed by atoms with van der Waals surface area (Å²) >= 11 is 0. The highest BCUT2D eigenvalue weighted by molar-refractivity contribution is 5.99. The smallest absolute Gasteiger partial charge is 0.343 e. The summed E-state index contributed by atoms with van der Waals surface area (Å²) in [5.74, 6) is -0.456. The first-order chi connectivity index (χ1) is 17.9. The standard InChI is InChI=1S/C27H19FN6O3/c1-14(24-21(20-8-4-5-9-30-20)18-6-2-3-7-19(18)27(36)37-24)34-26-22(25(29)31-13-32-26)23(33-34)15-10-16(28)12-17(35)11-15/h2-14,35H,1H3,(H2,29,31,32). The molecule has 0 aliphatic carbocycles. The van der Waals surface area contributed by atoms with E-state index >= 15 is 0 Å². The lowest BCUT2D eigenvalue weighted by molar-refractivity contribution is 0.405. The number of aromatic hydroxyl groups is 1. The minimum absolute atomic E-state index is 0.132. The van der Waals surface area contributed by atoms with Crippen LogP contribution >= 0.6 is 0 Å². The predicted octanol–water partition coefficient (Wildman–Crippen LogP) is 4.70. The molecule has 0 saturated heterocycles. The summed E-state index contributed by atoms with van der Waals surface area (Å²) in [5, 5.41) is 16.2. The number of nitrogens with two attached hydrogens (primary N) is 1. The van der Waals surface area contributed by atoms with Crippen LogP contribution in [0.15, 0.2) is 82.4 Å². The first-order valence-electron chi connectivity index (χ1n) is 11.4. The van der Waals surface area contributed by atoms with E-state index in [9.17, 15) is 14.3 Å². The van der Waals surface area contributed by atoms with Gasteiger partial charge in [-0.3, -0.25) is 4.98 Å². The molecule has 2 aromatic carbocycles. The molecule has 9 nitrogen and oxygen atoms in total. The number of pyridine rings is 1. The molecule has 1 unspecified atom stereocenters. The molecule has 0 spiro atoms. The molecule has 0 aliphatic heterocycles. The zero-order chi connectivity index (χ0) is 25.7. The van der Waals surface area contributed by atoms with E-state index in [1.165, 1.54) is 18.5 Å². The second-order valence-electron chi connectivity index (χ2n) is 8.51. The van der Waals surface area contributed by atoms with Crippen molar-refractivity contribution >= 4 is 27.6 Å². The first-order valence-corrected chi connectivity index (χ1v) is 11.4. The molecule has 0 bridgehead atoms. The highest BCUT2D eigenvalue weighted by Crippen LogP contribution is 2.38. The molecule has 0 radical (unpaired) electrons. The summed E-state index contributed by atoms with van der Waals surface area (Å²) in [4.78, 5) is 26.0. The molecule has 4 aromatic heterocycles. The van der Waals surface area contributed by atoms with E-state index in [0.717, 1.165) is 6.07 Å². The molecule has 10 heteroatoms. The summed E-state index contributed by atoms with van der Waals surface area (Å²) in [6, 6.07) is 15.6. The molecule has 0 saturated carbocycles. The van der Waals surface area contributed by atoms with E-state index in [1.807, 2.05) is 24.3 Å². The van der Waals surface area contributed by atoms with Gasteiger partial charge in [-0.1, -0.05) is 24.3 Å². The molecule has 6 rings (SSSR count). The number of anilines is 1. The maximum Gasteiger partial charge on any atom is 0.343 e. The number of rotatable bonds is 4. The SMILES string of the molecule is CC(c1oc(=O)c2ccccc2c1-c1ccccn1)n1nc(-c2cc(O)cc(F)c2)c2c(N)ncnc21. The minimum atomic E-state index is -0.665. The molecular weight excluding hydrogens is 475 g/mol. The van der Waals surface area contributed by atoms with Crippen LogP contribution in [0.4, 0.5) is 10.2 Å². The Morgan fingerprint density at radius 2 is 1.81 bits per heavy atom. The number of nitrogens with zero attached hydrogens (tertiary/aromatic N) is 5. The highest BCUT2D eigenvalue weighted by Gasteiger charge is 2.27. The number of aromatic nitrogens is 5. The van der Waals surface area contributed by atoms with E-state index < -0.39 is 17.5 Å². The molecule has 0 amide bonds. The number of hydrogen-bond donors (Lipinski definition) is 2. The van der Waals surface area contributed by atoms with Gasteiger partial charge in [0.2, 0.25) is 0 Å². The zero-order valence-corrected chi connectivity index (χ0v) is 19.5. The van der Waals surface area contributed by atoms with E-state index in [-0.39, 0.29) is 17.3 Å². The van der Waals surface area contributed by atoms with Crippen molar-refractivity contribution in [2.24, 2.45) is 0 Å². The Labute approximate surface area is 208 Å². The molecule has 4 heterocycles. The van der Waals surface area contributed by atoms with Gasteiger partial charge in [0.05, 0.1) is 16.5 Å². The number of benzene rings is 2. The molecule has 37 heavy (non-hydrogen) atoms. The van der Waals surface area contributed by atoms with Crippen molar-refractivity contribution in [1.82, 2.24) is 24.7 Å². The normalized spacial score (nSPS) is 12.3. The van der Waals surface area contributed by atoms with Crippen LogP contribution in [0, 0.1) is 5.82 Å². The van der Waals surface area contributed by atoms with Crippen LogP contribution in [0.3, 0.4) is 0 Å². The van der Waals surface area contributed by atoms with Gasteiger partial charge >= 0.3 is 5.63 Å². The Hall–Kier alpha value is -5.12. The fraction of sp³-hybridized carbons (Fsp3) is 0.0741. The molecular formula is C27H19FN6O3. The Kier molecular flexibility index (Phi) is 5.15. The van der Waals surface area contributed by atoms with Gasteiger partial charge < -0.3 is 15.3 Å². The van der Waals surface area contributed by atoms with Gasteiger partial charge in [-0.25, -0.2) is 23.8 Å². The topological polar surface area (TPSA) is 133 Å². The number of nitrogen functional groups attached to an aromatic ring is 1. The van der Waals surface area contributed by atoms with Gasteiger partial charge in [0.1, 0.15) is 41.2 Å². The van der Waals surface area contributed by atoms with Crippen molar-refractivity contribution < 1.29 is 13.9 Å². The molecule has 0 fully saturated rings. The van der Waals surface area contributed by atoms with Crippen molar-refractivity contribution in [3.63, 3.8) is 0 Å². The quantitative estimate of drug-likeness (QED) is 0.360. The third kappa shape index (κ3) is 3.66. The summed E-state index contributed by atoms with van der Waals surface area (Å²) in [7, 11) is 0. The summed E-state index contributed by atoms with van der Waals surface area (Å²) in [6.45, 7) is 1.80. The van der Waals surface area contributed by atoms with Crippen molar-refractivity contribution in [2.45, 2.75) is 13.0 Å². The van der Waals surface area contributed by atoms with Crippen LogP contribution in [-0.2, 0) is 0 Å². The lowest BCUT2D eigenvalue weighted by atomic mass is 9.99. The van der Waals surface area contributed by atoms with Gasteiger partial charge in [-0.15, -0.1) is 0 Å². The van der Waals surface area contributed by atoms with Gasteiger partial charge in [0, 0.05) is 28.8 Å². The third-order valence-corrected chi connectivity index (χ3v) is 6.21. The maximum absolute atomic E-state index is 14.2. The average Bonchev–Trinajstić information content (AvgIpc) is 3.29. The van der Waals surface area contributed by atoms with Crippen LogP contribution in [0.2, 0.25) is 0 Å². The summed E-state index contributed by atoms with van der Waals surface area (Å²) in [6.07, 6.45) is 2.96. The van der Waals surface area contributed by atoms with Gasteiger partial charge in [-0.2, -0.15) is 5.10 Å². The van der Waals surface area contributed by atoms with Crippen LogP contribution in [0.25, 0.3) is 44.3 Å². The van der Waals surface area contributed by atoms with E-state index in [2.05, 4.69) is 15.0 Å². The highest BCUT2D eigenvalue weighted by atomic mass is 19.1. The molecule has 1 atom stereocenters. The van der Waals surface area contributed by atoms with Gasteiger partial charge in [0.15, 0.2) is 5.65 Å². The van der Waals surface area contributed by atoms with E-state index in [1.54, 1.807) is 36.0 Å². The zero-order valence-electron chi connectivity index (χ0n) is 19.5. The summed E-state index contributed by atoms with van der Waals surface area (Å²) in [5.41, 5.74) is 7.87. The number of hydrogen-bond acceptors (Lipinski definition) is 8. The number of fused-ring (bicyclic) bond motifs is 2. The van der Waals surface area contributed by atoms with Crippen molar-refractivity contribution in [2.75, 3.05) is 5.73 Å². The number of phenols is 1. The largest absolute Gasteiger partial charge is 0.508 e. The average molecular weight is 494 g/mol. The molecule has 0 aliphatic rings. The van der Waals surface area contributed by atoms with Crippen LogP contribution < -0.4 is 11.4 Å². The van der Waals surface area contributed by atoms with Crippen LogP contribution in [0.5, 0.6) is 5.75 Å². The van der Waals surface area contributed by atoms with Gasteiger partial charge in [0.25, 0.3) is 0 Å². The van der Waals surface area contributed by atoms with E-state index in [0.29, 0.717) is 44.4 Å². The van der Waals surface area contributed by atoms with Crippen molar-refractivity contribution in [3.05, 3.63) is 95.2 Å². The van der Waals surface area contributed by atoms with Crippen molar-refractivity contribution in [3.8, 4) is 28.3 Å². The second-order valence-corrected chi connectivity index (χ2v) is 8.51. The number of phenolic OH excluding ortho intramolecular Hbond substituents is 1. The second kappa shape index (κ2) is 8.52. The predicted molar refractivity (Wildman–Crippen MR) is 136 cm³/mol. The summed E-state index contributed by atoms with van der Waals surface area (Å²) < 4.78 is 21.6. The monoisotopic (exact) mass is 494 g/mol.